The molecule has 1 aromatic carbocycles. The van der Waals surface area contributed by atoms with Crippen LogP contribution >= 0.6 is 0 Å². The Labute approximate surface area is 191 Å². The van der Waals surface area contributed by atoms with E-state index in [1.165, 1.54) is 10.9 Å². The maximum atomic E-state index is 13.2. The Hall–Kier alpha value is -2.57. The number of fused-ring (bicyclic) bond motifs is 1. The number of benzene rings is 1. The highest BCUT2D eigenvalue weighted by Gasteiger charge is 2.42. The largest absolute Gasteiger partial charge is 0.382 e. The maximum Gasteiger partial charge on any atom is 0.237 e. The third-order valence-electron chi connectivity index (χ3n) is 7.36. The second-order valence-electron chi connectivity index (χ2n) is 9.77. The molecule has 0 bridgehead atoms. The Bertz CT molecular complexity index is 1020. The highest BCUT2D eigenvalue weighted by atomic mass is 16.2. The van der Waals surface area contributed by atoms with E-state index in [-0.39, 0.29) is 17.9 Å². The molecule has 1 aliphatic heterocycles. The number of likely N-dealkylation sites (tertiary alicyclic amines) is 1. The highest BCUT2D eigenvalue weighted by molar-refractivity contribution is 6.29. The van der Waals surface area contributed by atoms with Crippen molar-refractivity contribution in [3.8, 4) is 0 Å². The van der Waals surface area contributed by atoms with E-state index in [0.717, 1.165) is 49.0 Å². The number of rotatable bonds is 6. The van der Waals surface area contributed by atoms with Crippen molar-refractivity contribution in [1.82, 2.24) is 15.2 Å². The zero-order valence-electron chi connectivity index (χ0n) is 19.8. The molecule has 1 saturated carbocycles. The smallest absolute Gasteiger partial charge is 0.237 e. The van der Waals surface area contributed by atoms with Gasteiger partial charge in [-0.15, -0.1) is 0 Å². The molecular formula is C25H35BN4O2. The van der Waals surface area contributed by atoms with E-state index in [0.29, 0.717) is 25.4 Å². The molecule has 1 atom stereocenters. The SMILES string of the molecule is BC(CC)(C(=O)NC1CCC(Nc2cc(C)nc3ccc(C)cc23)CC1)N1CCCC1=O. The second kappa shape index (κ2) is 9.12. The summed E-state index contributed by atoms with van der Waals surface area (Å²) in [5, 5.41) is 8.19. The van der Waals surface area contributed by atoms with Gasteiger partial charge in [0.15, 0.2) is 0 Å². The minimum atomic E-state index is -0.742. The fraction of sp³-hybridized carbons (Fsp3) is 0.560. The van der Waals surface area contributed by atoms with E-state index < -0.39 is 5.44 Å². The Morgan fingerprint density at radius 1 is 1.19 bits per heavy atom. The molecule has 1 aromatic heterocycles. The minimum Gasteiger partial charge on any atom is -0.382 e. The standard InChI is InChI=1S/C25H35BN4O2/c1-4-25(26,30-13-5-6-23(30)31)24(32)29-19-10-8-18(9-11-19)28-22-15-17(3)27-21-12-7-16(2)14-20(21)22/h7,12,14-15,18-19H,4-6,8-11,13,26H2,1-3H3,(H,27,28)(H,29,32). The first-order valence-corrected chi connectivity index (χ1v) is 12.1. The van der Waals surface area contributed by atoms with Gasteiger partial charge in [-0.05, 0) is 70.6 Å². The van der Waals surface area contributed by atoms with Crippen molar-refractivity contribution in [3.63, 3.8) is 0 Å². The van der Waals surface area contributed by atoms with Crippen LogP contribution in [-0.4, -0.2) is 53.6 Å². The number of anilines is 1. The maximum absolute atomic E-state index is 13.2. The number of carbonyl (C=O) groups is 2. The van der Waals surface area contributed by atoms with E-state index in [9.17, 15) is 9.59 Å². The van der Waals surface area contributed by atoms with Gasteiger partial charge in [-0.2, -0.15) is 0 Å². The third kappa shape index (κ3) is 4.48. The molecule has 4 rings (SSSR count). The minimum absolute atomic E-state index is 0.00196. The molecule has 2 aromatic rings. The molecule has 2 aliphatic rings. The summed E-state index contributed by atoms with van der Waals surface area (Å²) in [4.78, 5) is 31.9. The lowest BCUT2D eigenvalue weighted by Gasteiger charge is -2.39. The summed E-state index contributed by atoms with van der Waals surface area (Å²) in [7, 11) is 1.91. The summed E-state index contributed by atoms with van der Waals surface area (Å²) in [5.41, 5.74) is 3.67. The van der Waals surface area contributed by atoms with Crippen molar-refractivity contribution in [2.75, 3.05) is 11.9 Å². The van der Waals surface area contributed by atoms with Gasteiger partial charge >= 0.3 is 0 Å². The van der Waals surface area contributed by atoms with E-state index in [2.05, 4.69) is 46.8 Å². The molecule has 1 aliphatic carbocycles. The lowest BCUT2D eigenvalue weighted by atomic mass is 9.72. The first kappa shape index (κ1) is 22.6. The van der Waals surface area contributed by atoms with Gasteiger partial charge in [0.25, 0.3) is 0 Å². The van der Waals surface area contributed by atoms with Crippen LogP contribution in [0.1, 0.15) is 63.1 Å². The number of aryl methyl sites for hydroxylation is 2. The average Bonchev–Trinajstić information content (AvgIpc) is 3.21. The van der Waals surface area contributed by atoms with Crippen LogP contribution in [0.2, 0.25) is 0 Å². The molecule has 7 heteroatoms. The normalized spacial score (nSPS) is 23.2. The topological polar surface area (TPSA) is 74.3 Å². The Morgan fingerprint density at radius 3 is 2.56 bits per heavy atom. The van der Waals surface area contributed by atoms with Crippen LogP contribution in [-0.2, 0) is 9.59 Å². The average molecular weight is 434 g/mol. The van der Waals surface area contributed by atoms with Gasteiger partial charge in [-0.3, -0.25) is 14.6 Å². The molecular weight excluding hydrogens is 399 g/mol. The molecule has 2 N–H and O–H groups in total. The number of amides is 2. The molecule has 2 heterocycles. The lowest BCUT2D eigenvalue weighted by Crippen LogP contribution is -2.61. The number of hydrogen-bond donors (Lipinski definition) is 2. The molecule has 170 valence electrons. The number of aromatic nitrogens is 1. The predicted molar refractivity (Wildman–Crippen MR) is 132 cm³/mol. The van der Waals surface area contributed by atoms with Crippen LogP contribution in [0, 0.1) is 13.8 Å². The molecule has 0 spiro atoms. The summed E-state index contributed by atoms with van der Waals surface area (Å²) in [5.74, 6) is 0.102. The van der Waals surface area contributed by atoms with Gasteiger partial charge in [-0.1, -0.05) is 18.6 Å². The first-order chi connectivity index (χ1) is 15.3. The Kier molecular flexibility index (Phi) is 6.45. The molecule has 2 amide bonds. The second-order valence-corrected chi connectivity index (χ2v) is 9.77. The van der Waals surface area contributed by atoms with E-state index in [1.807, 2.05) is 21.7 Å². The van der Waals surface area contributed by atoms with Gasteiger partial charge in [0, 0.05) is 41.8 Å². The fourth-order valence-electron chi connectivity index (χ4n) is 5.18. The summed E-state index contributed by atoms with van der Waals surface area (Å²) in [6.45, 7) is 6.82. The van der Waals surface area contributed by atoms with Crippen molar-refractivity contribution < 1.29 is 9.59 Å². The summed E-state index contributed by atoms with van der Waals surface area (Å²) >= 11 is 0. The number of carbonyl (C=O) groups excluding carboxylic acids is 2. The number of pyridine rings is 1. The number of nitrogens with zero attached hydrogens (tertiary/aromatic N) is 2. The zero-order valence-corrected chi connectivity index (χ0v) is 19.8. The summed E-state index contributed by atoms with van der Waals surface area (Å²) < 4.78 is 0. The van der Waals surface area contributed by atoms with Crippen LogP contribution in [0.4, 0.5) is 5.69 Å². The molecule has 1 saturated heterocycles. The fourth-order valence-corrected chi connectivity index (χ4v) is 5.18. The summed E-state index contributed by atoms with van der Waals surface area (Å²) in [6.07, 6.45) is 5.94. The van der Waals surface area contributed by atoms with Gasteiger partial charge in [-0.25, -0.2) is 0 Å². The lowest BCUT2D eigenvalue weighted by molar-refractivity contribution is -0.140. The van der Waals surface area contributed by atoms with Crippen molar-refractivity contribution in [1.29, 1.82) is 0 Å². The van der Waals surface area contributed by atoms with Crippen LogP contribution in [0.3, 0.4) is 0 Å². The number of nitrogens with one attached hydrogen (secondary N) is 2. The first-order valence-electron chi connectivity index (χ1n) is 12.1. The van der Waals surface area contributed by atoms with E-state index in [1.54, 1.807) is 4.90 Å². The van der Waals surface area contributed by atoms with E-state index >= 15 is 0 Å². The molecule has 32 heavy (non-hydrogen) atoms. The molecule has 6 nitrogen and oxygen atoms in total. The van der Waals surface area contributed by atoms with E-state index in [4.69, 9.17) is 0 Å². The van der Waals surface area contributed by atoms with Crippen LogP contribution in [0.5, 0.6) is 0 Å². The number of hydrogen-bond acceptors (Lipinski definition) is 4. The van der Waals surface area contributed by atoms with Crippen molar-refractivity contribution in [2.24, 2.45) is 0 Å². The molecule has 1 unspecified atom stereocenters. The quantitative estimate of drug-likeness (QED) is 0.686. The van der Waals surface area contributed by atoms with Crippen LogP contribution < -0.4 is 10.6 Å². The van der Waals surface area contributed by atoms with Crippen LogP contribution in [0.25, 0.3) is 10.9 Å². The Morgan fingerprint density at radius 2 is 1.91 bits per heavy atom. The highest BCUT2D eigenvalue weighted by Crippen LogP contribution is 2.29. The predicted octanol–water partition coefficient (Wildman–Crippen LogP) is 3.05. The third-order valence-corrected chi connectivity index (χ3v) is 7.36. The van der Waals surface area contributed by atoms with Crippen molar-refractivity contribution in [2.45, 2.75) is 83.2 Å². The monoisotopic (exact) mass is 434 g/mol. The van der Waals surface area contributed by atoms with Crippen molar-refractivity contribution in [3.05, 3.63) is 35.5 Å². The van der Waals surface area contributed by atoms with Gasteiger partial charge in [0.1, 0.15) is 7.85 Å². The van der Waals surface area contributed by atoms with Gasteiger partial charge in [0.05, 0.1) is 11.0 Å². The van der Waals surface area contributed by atoms with Gasteiger partial charge < -0.3 is 15.5 Å². The van der Waals surface area contributed by atoms with Crippen molar-refractivity contribution >= 4 is 36.3 Å². The van der Waals surface area contributed by atoms with Crippen LogP contribution in [0.15, 0.2) is 24.3 Å². The Balaban J connectivity index is 1.38. The molecule has 2 fully saturated rings. The van der Waals surface area contributed by atoms with Gasteiger partial charge in [0.2, 0.25) is 11.8 Å². The molecule has 0 radical (unpaired) electrons. The summed E-state index contributed by atoms with van der Waals surface area (Å²) in [6, 6.07) is 9.07. The zero-order chi connectivity index (χ0) is 22.9.